The van der Waals surface area contributed by atoms with Crippen molar-refractivity contribution >= 4 is 52.5 Å². The molecule has 0 bridgehead atoms. The van der Waals surface area contributed by atoms with Crippen molar-refractivity contribution in [3.8, 4) is 0 Å². The van der Waals surface area contributed by atoms with E-state index in [1.165, 1.54) is 23.1 Å². The minimum atomic E-state index is -0.711. The van der Waals surface area contributed by atoms with Gasteiger partial charge in [-0.2, -0.15) is 0 Å². The molecule has 3 N–H and O–H groups in total. The number of hydrogen-bond acceptors (Lipinski definition) is 7. The van der Waals surface area contributed by atoms with Gasteiger partial charge in [0.15, 0.2) is 6.61 Å². The molecule has 0 aliphatic rings. The molecule has 0 radical (unpaired) electrons. The van der Waals surface area contributed by atoms with Gasteiger partial charge < -0.3 is 10.1 Å². The molecule has 0 unspecified atom stereocenters. The first-order valence-corrected chi connectivity index (χ1v) is 11.7. The van der Waals surface area contributed by atoms with E-state index < -0.39 is 24.4 Å². The average Bonchev–Trinajstić information content (AvgIpc) is 3.36. The molecule has 0 saturated heterocycles. The zero-order valence-electron chi connectivity index (χ0n) is 17.6. The first-order chi connectivity index (χ1) is 15.9. The number of thiophene rings is 1. The Balaban J connectivity index is 1.47. The number of amides is 3. The summed E-state index contributed by atoms with van der Waals surface area (Å²) < 4.78 is 5.05. The average molecular weight is 484 g/mol. The zero-order valence-corrected chi connectivity index (χ0v) is 19.3. The molecule has 3 amide bonds. The fraction of sp³-hybridized carbons (Fsp3) is 0.130. The molecule has 33 heavy (non-hydrogen) atoms. The van der Waals surface area contributed by atoms with Gasteiger partial charge in [-0.25, -0.2) is 4.79 Å². The normalized spacial score (nSPS) is 10.2. The largest absolute Gasteiger partial charge is 0.452 e. The molecular formula is C23H21N3O5S2. The number of ether oxygens (including phenoxy) is 1. The predicted octanol–water partition coefficient (Wildman–Crippen LogP) is 3.41. The van der Waals surface area contributed by atoms with Crippen LogP contribution in [-0.2, 0) is 14.3 Å². The monoisotopic (exact) mass is 483 g/mol. The second kappa shape index (κ2) is 11.8. The SMILES string of the molecule is Cc1ccc(NC(=O)CSc2ccccc2C(=O)OCC(=O)NNC(=O)c2cccs2)cc1. The molecular weight excluding hydrogens is 462 g/mol. The number of rotatable bonds is 8. The first-order valence-electron chi connectivity index (χ1n) is 9.80. The number of anilines is 1. The third-order valence-electron chi connectivity index (χ3n) is 4.20. The summed E-state index contributed by atoms with van der Waals surface area (Å²) in [6.07, 6.45) is 0. The Bertz CT molecular complexity index is 1130. The summed E-state index contributed by atoms with van der Waals surface area (Å²) in [5.41, 5.74) is 6.46. The minimum Gasteiger partial charge on any atom is -0.452 e. The topological polar surface area (TPSA) is 114 Å². The standard InChI is InChI=1S/C23H21N3O5S2/c1-15-8-10-16(11-9-15)24-21(28)14-33-18-6-3-2-5-17(18)23(30)31-13-20(27)25-26-22(29)19-7-4-12-32-19/h2-12H,13-14H2,1H3,(H,24,28)(H,25,27)(H,26,29). The lowest BCUT2D eigenvalue weighted by molar-refractivity contribution is -0.125. The quantitative estimate of drug-likeness (QED) is 0.257. The highest BCUT2D eigenvalue weighted by atomic mass is 32.2. The smallest absolute Gasteiger partial charge is 0.339 e. The summed E-state index contributed by atoms with van der Waals surface area (Å²) in [5, 5.41) is 4.53. The molecule has 170 valence electrons. The van der Waals surface area contributed by atoms with Gasteiger partial charge in [-0.15, -0.1) is 23.1 Å². The third kappa shape index (κ3) is 7.48. The summed E-state index contributed by atoms with van der Waals surface area (Å²) >= 11 is 2.41. The summed E-state index contributed by atoms with van der Waals surface area (Å²) in [6, 6.07) is 17.4. The number of esters is 1. The van der Waals surface area contributed by atoms with Crippen LogP contribution in [0.15, 0.2) is 70.9 Å². The van der Waals surface area contributed by atoms with E-state index in [0.29, 0.717) is 15.5 Å². The molecule has 0 spiro atoms. The van der Waals surface area contributed by atoms with Gasteiger partial charge in [0.25, 0.3) is 11.8 Å². The van der Waals surface area contributed by atoms with Crippen LogP contribution in [0.1, 0.15) is 25.6 Å². The van der Waals surface area contributed by atoms with Crippen LogP contribution in [0.2, 0.25) is 0 Å². The van der Waals surface area contributed by atoms with E-state index in [4.69, 9.17) is 4.74 Å². The number of benzene rings is 2. The van der Waals surface area contributed by atoms with E-state index in [1.807, 2.05) is 31.2 Å². The molecule has 10 heteroatoms. The van der Waals surface area contributed by atoms with Crippen LogP contribution in [0, 0.1) is 6.92 Å². The highest BCUT2D eigenvalue weighted by Crippen LogP contribution is 2.23. The lowest BCUT2D eigenvalue weighted by Crippen LogP contribution is -2.43. The molecule has 0 atom stereocenters. The van der Waals surface area contributed by atoms with Gasteiger partial charge in [-0.05, 0) is 42.6 Å². The fourth-order valence-corrected chi connectivity index (χ4v) is 4.04. The van der Waals surface area contributed by atoms with Gasteiger partial charge in [-0.3, -0.25) is 25.2 Å². The highest BCUT2D eigenvalue weighted by molar-refractivity contribution is 8.00. The van der Waals surface area contributed by atoms with Gasteiger partial charge in [0, 0.05) is 10.6 Å². The van der Waals surface area contributed by atoms with Crippen molar-refractivity contribution in [1.82, 2.24) is 10.9 Å². The van der Waals surface area contributed by atoms with Gasteiger partial charge in [-0.1, -0.05) is 35.9 Å². The second-order valence-electron chi connectivity index (χ2n) is 6.75. The number of thioether (sulfide) groups is 1. The highest BCUT2D eigenvalue weighted by Gasteiger charge is 2.16. The van der Waals surface area contributed by atoms with E-state index in [1.54, 1.807) is 41.8 Å². The summed E-state index contributed by atoms with van der Waals surface area (Å²) in [6.45, 7) is 1.39. The molecule has 0 aliphatic carbocycles. The van der Waals surface area contributed by atoms with E-state index in [9.17, 15) is 19.2 Å². The van der Waals surface area contributed by atoms with Gasteiger partial charge >= 0.3 is 5.97 Å². The first kappa shape index (κ1) is 24.0. The number of hydrogen-bond donors (Lipinski definition) is 3. The van der Waals surface area contributed by atoms with E-state index in [-0.39, 0.29) is 17.2 Å². The van der Waals surface area contributed by atoms with E-state index in [2.05, 4.69) is 16.2 Å². The molecule has 1 heterocycles. The Hall–Kier alpha value is -3.63. The van der Waals surface area contributed by atoms with Crippen molar-refractivity contribution in [1.29, 1.82) is 0 Å². The van der Waals surface area contributed by atoms with Crippen LogP contribution in [0.4, 0.5) is 5.69 Å². The maximum atomic E-state index is 12.5. The summed E-state index contributed by atoms with van der Waals surface area (Å²) in [4.78, 5) is 49.4. The van der Waals surface area contributed by atoms with Crippen LogP contribution in [0.5, 0.6) is 0 Å². The van der Waals surface area contributed by atoms with Crippen molar-refractivity contribution in [2.75, 3.05) is 17.7 Å². The predicted molar refractivity (Wildman–Crippen MR) is 127 cm³/mol. The maximum Gasteiger partial charge on any atom is 0.339 e. The second-order valence-corrected chi connectivity index (χ2v) is 8.72. The number of nitrogens with one attached hydrogen (secondary N) is 3. The van der Waals surface area contributed by atoms with E-state index in [0.717, 1.165) is 5.56 Å². The van der Waals surface area contributed by atoms with Crippen LogP contribution in [0.25, 0.3) is 0 Å². The molecule has 8 nitrogen and oxygen atoms in total. The molecule has 3 aromatic rings. The van der Waals surface area contributed by atoms with Crippen LogP contribution < -0.4 is 16.2 Å². The number of hydrazine groups is 1. The Morgan fingerprint density at radius 2 is 1.67 bits per heavy atom. The lowest BCUT2D eigenvalue weighted by atomic mass is 10.2. The molecule has 1 aromatic heterocycles. The number of aryl methyl sites for hydroxylation is 1. The van der Waals surface area contributed by atoms with Crippen molar-refractivity contribution in [2.45, 2.75) is 11.8 Å². The van der Waals surface area contributed by atoms with Crippen molar-refractivity contribution in [3.05, 3.63) is 82.0 Å². The number of carbonyl (C=O) groups excluding carboxylic acids is 4. The van der Waals surface area contributed by atoms with Crippen molar-refractivity contribution in [2.24, 2.45) is 0 Å². The molecule has 2 aromatic carbocycles. The van der Waals surface area contributed by atoms with Crippen LogP contribution >= 0.6 is 23.1 Å². The molecule has 3 rings (SSSR count). The fourth-order valence-electron chi connectivity index (χ4n) is 2.58. The number of carbonyl (C=O) groups is 4. The van der Waals surface area contributed by atoms with Gasteiger partial charge in [0.1, 0.15) is 0 Å². The Morgan fingerprint density at radius 3 is 2.39 bits per heavy atom. The van der Waals surface area contributed by atoms with Crippen LogP contribution in [-0.4, -0.2) is 36.1 Å². The Morgan fingerprint density at radius 1 is 0.909 bits per heavy atom. The molecule has 0 aliphatic heterocycles. The summed E-state index contributed by atoms with van der Waals surface area (Å²) in [5.74, 6) is -1.98. The Labute approximate surface area is 198 Å². The lowest BCUT2D eigenvalue weighted by Gasteiger charge is -2.10. The summed E-state index contributed by atoms with van der Waals surface area (Å²) in [7, 11) is 0. The van der Waals surface area contributed by atoms with Crippen molar-refractivity contribution in [3.63, 3.8) is 0 Å². The van der Waals surface area contributed by atoms with Crippen molar-refractivity contribution < 1.29 is 23.9 Å². The minimum absolute atomic E-state index is 0.0907. The van der Waals surface area contributed by atoms with Gasteiger partial charge in [0.2, 0.25) is 5.91 Å². The van der Waals surface area contributed by atoms with Gasteiger partial charge in [0.05, 0.1) is 16.2 Å². The van der Waals surface area contributed by atoms with Crippen LogP contribution in [0.3, 0.4) is 0 Å². The molecule has 0 fully saturated rings. The van der Waals surface area contributed by atoms with E-state index >= 15 is 0 Å². The molecule has 0 saturated carbocycles. The zero-order chi connectivity index (χ0) is 23.6. The third-order valence-corrected chi connectivity index (χ3v) is 6.14. The maximum absolute atomic E-state index is 12.5. The Kier molecular flexibility index (Phi) is 8.62.